The van der Waals surface area contributed by atoms with Crippen LogP contribution in [0, 0.1) is 0 Å². The Morgan fingerprint density at radius 2 is 1.00 bits per heavy atom. The minimum atomic E-state index is -5.76. The third-order valence-corrected chi connectivity index (χ3v) is 2.92. The van der Waals surface area contributed by atoms with Gasteiger partial charge in [0.05, 0.1) is 0 Å². The second-order valence-electron chi connectivity index (χ2n) is 1.47. The zero-order chi connectivity index (χ0) is 12.2. The van der Waals surface area contributed by atoms with Gasteiger partial charge in [-0.25, -0.2) is 0 Å². The molecule has 0 aliphatic carbocycles. The fraction of sp³-hybridized carbons (Fsp3) is 0. The van der Waals surface area contributed by atoms with Crippen molar-refractivity contribution in [1.82, 2.24) is 0 Å². The van der Waals surface area contributed by atoms with E-state index in [1.165, 1.54) is 0 Å². The van der Waals surface area contributed by atoms with E-state index >= 15 is 0 Å². The van der Waals surface area contributed by atoms with Crippen LogP contribution in [-0.2, 0) is 45.3 Å². The monoisotopic (exact) mass is 358 g/mol. The van der Waals surface area contributed by atoms with Gasteiger partial charge in [0.2, 0.25) is 0 Å². The third-order valence-electron chi connectivity index (χ3n) is 0.172. The Labute approximate surface area is 139 Å². The second-order valence-corrected chi connectivity index (χ2v) is 6.33. The maximum atomic E-state index is 9.53. The van der Waals surface area contributed by atoms with Gasteiger partial charge >= 0.3 is 113 Å². The van der Waals surface area contributed by atoms with E-state index in [0.717, 1.165) is 0 Å². The molecule has 0 atom stereocenters. The molecule has 0 rings (SSSR count). The van der Waals surface area contributed by atoms with Crippen LogP contribution in [0.3, 0.4) is 0 Å². The average molecular weight is 358 g/mol. The fourth-order valence-corrected chi connectivity index (χ4v) is 1.85. The van der Waals surface area contributed by atoms with Crippen molar-refractivity contribution in [3.8, 4) is 0 Å². The molecule has 0 aromatic heterocycles. The molecule has 0 heterocycles. The first-order chi connectivity index (χ1) is 5.71. The van der Waals surface area contributed by atoms with Crippen LogP contribution in [0.25, 0.3) is 0 Å². The topological polar surface area (TPSA) is 205 Å². The average Bonchev–Trinajstić information content (AvgIpc) is 1.42. The van der Waals surface area contributed by atoms with Crippen molar-refractivity contribution in [3.63, 3.8) is 0 Å². The zero-order valence-electron chi connectivity index (χ0n) is 7.96. The van der Waals surface area contributed by atoms with E-state index in [1.54, 1.807) is 0 Å². The van der Waals surface area contributed by atoms with Gasteiger partial charge in [0, 0.05) is 0 Å². The predicted molar refractivity (Wildman–Crippen MR) is 18.5 cm³/mol. The molecule has 0 unspecified atom stereocenters. The van der Waals surface area contributed by atoms with E-state index < -0.39 is 36.3 Å². The molecular weight excluding hydrogens is 354 g/mol. The van der Waals surface area contributed by atoms with E-state index in [-0.39, 0.29) is 59.1 Å². The van der Waals surface area contributed by atoms with Crippen LogP contribution in [0.2, 0.25) is 0 Å². The molecule has 0 spiro atoms. The first-order valence-electron chi connectivity index (χ1n) is 2.22. The van der Waals surface area contributed by atoms with Gasteiger partial charge < -0.3 is 19.2 Å². The van der Waals surface area contributed by atoms with Crippen LogP contribution in [0.1, 0.15) is 0 Å². The van der Waals surface area contributed by atoms with E-state index in [4.69, 9.17) is 27.5 Å². The molecule has 11 nitrogen and oxygen atoms in total. The van der Waals surface area contributed by atoms with Crippen LogP contribution >= 0.6 is 0 Å². The SMILES string of the molecule is [Na+].[Na+].[O-][Si]([O-])(O)O.[O]=[Cr](=[O])([OH])[O][Cr](=[O])(=[O])[OH]. The predicted octanol–water partition coefficient (Wildman–Crippen LogP) is -11.5. The van der Waals surface area contributed by atoms with Crippen molar-refractivity contribution in [3.05, 3.63) is 0 Å². The van der Waals surface area contributed by atoms with Gasteiger partial charge in [-0.05, 0) is 0 Å². The van der Waals surface area contributed by atoms with Crippen molar-refractivity contribution in [2.75, 3.05) is 0 Å². The molecule has 0 radical (unpaired) electrons. The summed E-state index contributed by atoms with van der Waals surface area (Å²) in [6.45, 7) is 0. The quantitative estimate of drug-likeness (QED) is 0.341. The summed E-state index contributed by atoms with van der Waals surface area (Å²) in [5, 5.41) is 0. The summed E-state index contributed by atoms with van der Waals surface area (Å²) in [7, 11) is -5.11. The summed E-state index contributed by atoms with van der Waals surface area (Å²) in [5.41, 5.74) is 0. The van der Waals surface area contributed by atoms with Crippen molar-refractivity contribution in [2.24, 2.45) is 0 Å². The Kier molecular flexibility index (Phi) is 16.8. The molecule has 0 saturated heterocycles. The Hall–Kier alpha value is 2.20. The molecular formula is H4Cr2Na2O11Si. The molecule has 4 N–H and O–H groups in total. The van der Waals surface area contributed by atoms with Crippen LogP contribution in [0.5, 0.6) is 0 Å². The molecule has 0 aromatic rings. The molecule has 0 saturated carbocycles. The van der Waals surface area contributed by atoms with Crippen molar-refractivity contribution < 1.29 is 132 Å². The van der Waals surface area contributed by atoms with E-state index in [0.29, 0.717) is 0 Å². The van der Waals surface area contributed by atoms with Gasteiger partial charge in [-0.2, -0.15) is 0 Å². The molecule has 0 amide bonds. The standard InChI is InChI=1S/2Cr.2Na.H2O4Si.2H2O.5O/c;;;;1-5(2,3)4;;;;;;;/h;;;;1-2H;2*1H2;;;;;/q4*+1;-2;;;;;;;/p-2. The Morgan fingerprint density at radius 3 is 1.00 bits per heavy atom. The Balaban J connectivity index is -0.0000000904. The molecule has 0 fully saturated rings. The van der Waals surface area contributed by atoms with Crippen LogP contribution < -0.4 is 68.7 Å². The summed E-state index contributed by atoms with van der Waals surface area (Å²) in [6.07, 6.45) is 0. The summed E-state index contributed by atoms with van der Waals surface area (Å²) in [5.74, 6) is 0. The zero-order valence-corrected chi connectivity index (χ0v) is 15.5. The number of hydrogen-bond acceptors (Lipinski definition) is 9. The van der Waals surface area contributed by atoms with Crippen LogP contribution in [-0.4, -0.2) is 27.0 Å². The first-order valence-corrected chi connectivity index (χ1v) is 8.20. The van der Waals surface area contributed by atoms with E-state index in [1.807, 2.05) is 0 Å². The minimum absolute atomic E-state index is 0. The number of hydrogen-bond donors (Lipinski definition) is 4. The second kappa shape index (κ2) is 10.0. The molecule has 0 aliphatic rings. The molecule has 0 aliphatic heterocycles. The van der Waals surface area contributed by atoms with Gasteiger partial charge in [0.15, 0.2) is 0 Å². The summed E-state index contributed by atoms with van der Waals surface area (Å²) in [6, 6.07) is 0. The van der Waals surface area contributed by atoms with Gasteiger partial charge in [-0.3, -0.25) is 0 Å². The normalized spacial score (nSPS) is 11.4. The van der Waals surface area contributed by atoms with Crippen molar-refractivity contribution in [1.29, 1.82) is 0 Å². The summed E-state index contributed by atoms with van der Waals surface area (Å²) < 4.78 is 56.3. The first kappa shape index (κ1) is 26.7. The molecule has 16 heteroatoms. The van der Waals surface area contributed by atoms with E-state index in [9.17, 15) is 15.2 Å². The molecule has 88 valence electrons. The summed E-state index contributed by atoms with van der Waals surface area (Å²) >= 11 is -11.5. The maximum absolute atomic E-state index is 9.53. The van der Waals surface area contributed by atoms with Gasteiger partial charge in [-0.15, -0.1) is 0 Å². The van der Waals surface area contributed by atoms with Crippen LogP contribution in [0.4, 0.5) is 0 Å². The molecule has 0 bridgehead atoms. The fourth-order valence-electron chi connectivity index (χ4n) is 0.109. The van der Waals surface area contributed by atoms with Gasteiger partial charge in [-0.1, -0.05) is 0 Å². The number of rotatable bonds is 2. The molecule has 0 aromatic carbocycles. The van der Waals surface area contributed by atoms with Crippen molar-refractivity contribution >= 4 is 9.05 Å². The van der Waals surface area contributed by atoms with Gasteiger partial charge in [0.25, 0.3) is 0 Å². The van der Waals surface area contributed by atoms with Crippen molar-refractivity contribution in [2.45, 2.75) is 0 Å². The Bertz CT molecular complexity index is 310. The third kappa shape index (κ3) is 55.7. The van der Waals surface area contributed by atoms with Gasteiger partial charge in [0.1, 0.15) is 9.05 Å². The molecule has 16 heavy (non-hydrogen) atoms. The summed E-state index contributed by atoms with van der Waals surface area (Å²) in [4.78, 5) is 31.8. The van der Waals surface area contributed by atoms with E-state index in [2.05, 4.69) is 2.84 Å². The Morgan fingerprint density at radius 1 is 0.875 bits per heavy atom. The van der Waals surface area contributed by atoms with Crippen LogP contribution in [0.15, 0.2) is 0 Å².